The van der Waals surface area contributed by atoms with E-state index in [4.69, 9.17) is 4.42 Å². The number of aromatic nitrogens is 5. The normalized spacial score (nSPS) is 12.5. The fourth-order valence-electron chi connectivity index (χ4n) is 3.44. The molecule has 5 rings (SSSR count). The Labute approximate surface area is 169 Å². The average molecular weight is 404 g/mol. The van der Waals surface area contributed by atoms with Crippen molar-refractivity contribution in [3.63, 3.8) is 0 Å². The van der Waals surface area contributed by atoms with Crippen LogP contribution in [0, 0.1) is 12.7 Å². The summed E-state index contributed by atoms with van der Waals surface area (Å²) in [6.07, 6.45) is 1.66. The molecule has 1 unspecified atom stereocenters. The van der Waals surface area contributed by atoms with Gasteiger partial charge in [0.15, 0.2) is 11.2 Å². The van der Waals surface area contributed by atoms with Crippen LogP contribution in [0.1, 0.15) is 24.4 Å². The summed E-state index contributed by atoms with van der Waals surface area (Å²) in [5, 5.41) is 8.48. The number of oxazole rings is 1. The summed E-state index contributed by atoms with van der Waals surface area (Å²) < 4.78 is 20.4. The molecule has 0 saturated carbocycles. The first-order chi connectivity index (χ1) is 14.5. The molecule has 0 aliphatic heterocycles. The first-order valence-corrected chi connectivity index (χ1v) is 9.35. The second kappa shape index (κ2) is 6.80. The predicted octanol–water partition coefficient (Wildman–Crippen LogP) is 3.87. The molecule has 150 valence electrons. The molecule has 8 nitrogen and oxygen atoms in total. The minimum absolute atomic E-state index is 0.135. The summed E-state index contributed by atoms with van der Waals surface area (Å²) >= 11 is 0. The molecule has 3 aromatic heterocycles. The molecule has 0 aliphatic carbocycles. The van der Waals surface area contributed by atoms with Crippen molar-refractivity contribution in [1.29, 1.82) is 0 Å². The number of fused-ring (bicyclic) bond motifs is 2. The lowest BCUT2D eigenvalue weighted by Gasteiger charge is -2.16. The number of anilines is 1. The summed E-state index contributed by atoms with van der Waals surface area (Å²) in [6.45, 7) is 3.77. The lowest BCUT2D eigenvalue weighted by molar-refractivity contribution is 0.555. The van der Waals surface area contributed by atoms with Crippen molar-refractivity contribution < 1.29 is 8.81 Å². The van der Waals surface area contributed by atoms with E-state index < -0.39 is 5.76 Å². The van der Waals surface area contributed by atoms with Crippen LogP contribution in [-0.4, -0.2) is 24.7 Å². The van der Waals surface area contributed by atoms with Crippen LogP contribution in [0.3, 0.4) is 0 Å². The van der Waals surface area contributed by atoms with Crippen LogP contribution in [0.25, 0.3) is 27.8 Å². The van der Waals surface area contributed by atoms with Gasteiger partial charge in [0.1, 0.15) is 17.5 Å². The fraction of sp³-hybridized carbons (Fsp3) is 0.143. The van der Waals surface area contributed by atoms with E-state index in [-0.39, 0.29) is 11.9 Å². The number of aryl methyl sites for hydroxylation is 1. The number of hydrogen-bond donors (Lipinski definition) is 2. The number of aromatic amines is 1. The van der Waals surface area contributed by atoms with E-state index in [0.29, 0.717) is 39.5 Å². The number of H-pyrrole nitrogens is 1. The summed E-state index contributed by atoms with van der Waals surface area (Å²) in [7, 11) is 0. The molecule has 0 saturated heterocycles. The molecular formula is C21H17FN6O2. The SMILES string of the molecule is Cc1nc(NC(C)c2ccc3[nH]c(=O)oc3c2)c2cnn(-c3cccc(F)c3)c2n1. The van der Waals surface area contributed by atoms with Gasteiger partial charge in [0.2, 0.25) is 0 Å². The van der Waals surface area contributed by atoms with Gasteiger partial charge < -0.3 is 9.73 Å². The Morgan fingerprint density at radius 1 is 1.20 bits per heavy atom. The molecule has 0 aliphatic rings. The molecule has 5 aromatic rings. The highest BCUT2D eigenvalue weighted by molar-refractivity contribution is 5.87. The van der Waals surface area contributed by atoms with E-state index >= 15 is 0 Å². The van der Waals surface area contributed by atoms with Crippen molar-refractivity contribution in [2.75, 3.05) is 5.32 Å². The van der Waals surface area contributed by atoms with E-state index in [1.54, 1.807) is 36.0 Å². The molecular weight excluding hydrogens is 387 g/mol. The van der Waals surface area contributed by atoms with Gasteiger partial charge in [-0.2, -0.15) is 5.10 Å². The van der Waals surface area contributed by atoms with Gasteiger partial charge in [0.25, 0.3) is 0 Å². The highest BCUT2D eigenvalue weighted by atomic mass is 19.1. The van der Waals surface area contributed by atoms with Crippen molar-refractivity contribution in [1.82, 2.24) is 24.7 Å². The van der Waals surface area contributed by atoms with E-state index in [1.807, 2.05) is 19.1 Å². The van der Waals surface area contributed by atoms with Gasteiger partial charge >= 0.3 is 5.76 Å². The number of nitrogens with one attached hydrogen (secondary N) is 2. The molecule has 0 amide bonds. The van der Waals surface area contributed by atoms with Crippen LogP contribution in [0.4, 0.5) is 10.2 Å². The minimum atomic E-state index is -0.486. The zero-order valence-corrected chi connectivity index (χ0v) is 16.2. The van der Waals surface area contributed by atoms with Crippen LogP contribution < -0.4 is 11.1 Å². The highest BCUT2D eigenvalue weighted by Crippen LogP contribution is 2.27. The van der Waals surface area contributed by atoms with Gasteiger partial charge in [0, 0.05) is 0 Å². The van der Waals surface area contributed by atoms with Gasteiger partial charge in [-0.05, 0) is 49.7 Å². The first kappa shape index (κ1) is 18.0. The zero-order valence-electron chi connectivity index (χ0n) is 16.2. The summed E-state index contributed by atoms with van der Waals surface area (Å²) in [6, 6.07) is 11.6. The topological polar surface area (TPSA) is 102 Å². The van der Waals surface area contributed by atoms with Crippen molar-refractivity contribution in [3.8, 4) is 5.69 Å². The molecule has 0 radical (unpaired) electrons. The monoisotopic (exact) mass is 404 g/mol. The number of nitrogens with zero attached hydrogens (tertiary/aromatic N) is 4. The molecule has 0 fully saturated rings. The van der Waals surface area contributed by atoms with Crippen LogP contribution >= 0.6 is 0 Å². The van der Waals surface area contributed by atoms with Crippen LogP contribution in [0.15, 0.2) is 57.9 Å². The Morgan fingerprint density at radius 3 is 2.90 bits per heavy atom. The van der Waals surface area contributed by atoms with Crippen molar-refractivity contribution in [2.24, 2.45) is 0 Å². The maximum Gasteiger partial charge on any atom is 0.417 e. The lowest BCUT2D eigenvalue weighted by atomic mass is 10.1. The third-order valence-corrected chi connectivity index (χ3v) is 4.89. The Balaban J connectivity index is 1.54. The third kappa shape index (κ3) is 3.10. The number of rotatable bonds is 4. The largest absolute Gasteiger partial charge is 0.417 e. The van der Waals surface area contributed by atoms with Gasteiger partial charge in [-0.25, -0.2) is 23.8 Å². The predicted molar refractivity (Wildman–Crippen MR) is 110 cm³/mol. The number of benzene rings is 2. The molecule has 30 heavy (non-hydrogen) atoms. The zero-order chi connectivity index (χ0) is 20.8. The van der Waals surface area contributed by atoms with Gasteiger partial charge in [0.05, 0.1) is 28.8 Å². The molecule has 0 spiro atoms. The quantitative estimate of drug-likeness (QED) is 0.472. The molecule has 3 heterocycles. The first-order valence-electron chi connectivity index (χ1n) is 9.35. The summed E-state index contributed by atoms with van der Waals surface area (Å²) in [5.41, 5.74) is 3.22. The van der Waals surface area contributed by atoms with Gasteiger partial charge in [-0.1, -0.05) is 12.1 Å². The van der Waals surface area contributed by atoms with E-state index in [2.05, 4.69) is 25.4 Å². The highest BCUT2D eigenvalue weighted by Gasteiger charge is 2.16. The Morgan fingerprint density at radius 2 is 2.07 bits per heavy atom. The molecule has 2 aromatic carbocycles. The van der Waals surface area contributed by atoms with Crippen molar-refractivity contribution in [2.45, 2.75) is 19.9 Å². The second-order valence-corrected chi connectivity index (χ2v) is 7.03. The molecule has 9 heteroatoms. The number of halogens is 1. The van der Waals surface area contributed by atoms with Crippen LogP contribution in [-0.2, 0) is 0 Å². The number of hydrogen-bond acceptors (Lipinski definition) is 6. The summed E-state index contributed by atoms with van der Waals surface area (Å²) in [4.78, 5) is 23.1. The Bertz CT molecular complexity index is 1450. The Kier molecular flexibility index (Phi) is 4.09. The van der Waals surface area contributed by atoms with Gasteiger partial charge in [-0.15, -0.1) is 0 Å². The van der Waals surface area contributed by atoms with Gasteiger partial charge in [-0.3, -0.25) is 4.98 Å². The van der Waals surface area contributed by atoms with E-state index in [1.165, 1.54) is 12.1 Å². The van der Waals surface area contributed by atoms with E-state index in [0.717, 1.165) is 5.56 Å². The second-order valence-electron chi connectivity index (χ2n) is 7.03. The fourth-order valence-corrected chi connectivity index (χ4v) is 3.44. The Hall–Kier alpha value is -4.01. The van der Waals surface area contributed by atoms with Crippen LogP contribution in [0.5, 0.6) is 0 Å². The molecule has 0 bridgehead atoms. The maximum absolute atomic E-state index is 13.7. The average Bonchev–Trinajstić information content (AvgIpc) is 3.29. The standard InChI is InChI=1S/C21H17FN6O2/c1-11(13-6-7-17-18(8-13)30-21(29)27-17)24-19-16-10-23-28(20(16)26-12(2)25-19)15-5-3-4-14(22)9-15/h3-11H,1-2H3,(H,27,29)(H,24,25,26). The van der Waals surface area contributed by atoms with Crippen LogP contribution in [0.2, 0.25) is 0 Å². The minimum Gasteiger partial charge on any atom is -0.408 e. The maximum atomic E-state index is 13.7. The molecule has 1 atom stereocenters. The van der Waals surface area contributed by atoms with Crippen molar-refractivity contribution in [3.05, 3.63) is 76.4 Å². The summed E-state index contributed by atoms with van der Waals surface area (Å²) in [5.74, 6) is 0.340. The third-order valence-electron chi connectivity index (χ3n) is 4.89. The lowest BCUT2D eigenvalue weighted by Crippen LogP contribution is -2.09. The molecule has 2 N–H and O–H groups in total. The van der Waals surface area contributed by atoms with E-state index in [9.17, 15) is 9.18 Å². The smallest absolute Gasteiger partial charge is 0.408 e. The van der Waals surface area contributed by atoms with Crippen molar-refractivity contribution >= 4 is 28.0 Å².